The van der Waals surface area contributed by atoms with Crippen LogP contribution in [0.25, 0.3) is 0 Å². The zero-order chi connectivity index (χ0) is 16.7. The summed E-state index contributed by atoms with van der Waals surface area (Å²) in [5.74, 6) is -0.157. The van der Waals surface area contributed by atoms with E-state index in [1.54, 1.807) is 18.4 Å². The Balaban J connectivity index is 2.48. The molecule has 0 aromatic carbocycles. The van der Waals surface area contributed by atoms with E-state index in [4.69, 9.17) is 0 Å². The van der Waals surface area contributed by atoms with Crippen LogP contribution in [0.2, 0.25) is 0 Å². The minimum atomic E-state index is -0.248. The molecule has 0 unspecified atom stereocenters. The third kappa shape index (κ3) is 6.03. The van der Waals surface area contributed by atoms with E-state index in [9.17, 15) is 9.59 Å². The van der Waals surface area contributed by atoms with Gasteiger partial charge in [0.05, 0.1) is 6.04 Å². The third-order valence-corrected chi connectivity index (χ3v) is 4.09. The number of carbonyl (C=O) groups is 2. The van der Waals surface area contributed by atoms with Crippen molar-refractivity contribution in [3.63, 3.8) is 0 Å². The molecule has 0 aliphatic carbocycles. The van der Waals surface area contributed by atoms with Gasteiger partial charge in [-0.3, -0.25) is 4.79 Å². The molecule has 2 N–H and O–H groups in total. The Kier molecular flexibility index (Phi) is 7.34. The molecular formula is C15H26N4O2S. The average Bonchev–Trinajstić information content (AvgIpc) is 2.90. The molecule has 0 aliphatic heterocycles. The predicted octanol–water partition coefficient (Wildman–Crippen LogP) is 1.52. The van der Waals surface area contributed by atoms with Crippen LogP contribution in [-0.4, -0.2) is 62.0 Å². The largest absolute Gasteiger partial charge is 0.352 e. The summed E-state index contributed by atoms with van der Waals surface area (Å²) >= 11 is 1.67. The molecule has 0 bridgehead atoms. The van der Waals surface area contributed by atoms with Crippen LogP contribution in [0.1, 0.15) is 24.8 Å². The van der Waals surface area contributed by atoms with Crippen LogP contribution in [0.3, 0.4) is 0 Å². The molecule has 1 aromatic rings. The number of rotatable bonds is 7. The van der Waals surface area contributed by atoms with Crippen LogP contribution >= 0.6 is 11.3 Å². The minimum Gasteiger partial charge on any atom is -0.352 e. The van der Waals surface area contributed by atoms with Crippen molar-refractivity contribution in [1.29, 1.82) is 0 Å². The van der Waals surface area contributed by atoms with E-state index in [-0.39, 0.29) is 30.6 Å². The maximum absolute atomic E-state index is 12.1. The molecule has 22 heavy (non-hydrogen) atoms. The summed E-state index contributed by atoms with van der Waals surface area (Å²) in [6.45, 7) is 4.33. The number of amides is 3. The molecule has 0 saturated heterocycles. The molecule has 0 aliphatic rings. The van der Waals surface area contributed by atoms with Gasteiger partial charge >= 0.3 is 6.03 Å². The van der Waals surface area contributed by atoms with Gasteiger partial charge < -0.3 is 20.4 Å². The van der Waals surface area contributed by atoms with Crippen LogP contribution in [0.4, 0.5) is 4.79 Å². The first kappa shape index (κ1) is 18.4. The molecule has 0 spiro atoms. The predicted molar refractivity (Wildman–Crippen MR) is 90.1 cm³/mol. The molecular weight excluding hydrogens is 300 g/mol. The van der Waals surface area contributed by atoms with Gasteiger partial charge in [-0.05, 0) is 39.4 Å². The molecule has 1 rings (SSSR count). The smallest absolute Gasteiger partial charge is 0.317 e. The van der Waals surface area contributed by atoms with Gasteiger partial charge in [0.15, 0.2) is 0 Å². The van der Waals surface area contributed by atoms with Crippen LogP contribution in [-0.2, 0) is 4.79 Å². The fourth-order valence-corrected chi connectivity index (χ4v) is 2.91. The highest BCUT2D eigenvalue weighted by Crippen LogP contribution is 2.22. The van der Waals surface area contributed by atoms with E-state index < -0.39 is 0 Å². The molecule has 124 valence electrons. The van der Waals surface area contributed by atoms with Gasteiger partial charge in [0.25, 0.3) is 0 Å². The Hall–Kier alpha value is -1.60. The summed E-state index contributed by atoms with van der Waals surface area (Å²) in [5.41, 5.74) is 0. The molecule has 0 saturated carbocycles. The topological polar surface area (TPSA) is 64.7 Å². The third-order valence-electron chi connectivity index (χ3n) is 3.12. The fraction of sp³-hybridized carbons (Fsp3) is 0.600. The highest BCUT2D eigenvalue weighted by molar-refractivity contribution is 7.10. The van der Waals surface area contributed by atoms with Gasteiger partial charge in [0, 0.05) is 24.5 Å². The number of likely N-dealkylation sites (N-methyl/N-ethyl adjacent to an activating group) is 2. The maximum atomic E-state index is 12.1. The van der Waals surface area contributed by atoms with E-state index in [0.717, 1.165) is 0 Å². The lowest BCUT2D eigenvalue weighted by Crippen LogP contribution is -2.46. The lowest BCUT2D eigenvalue weighted by Gasteiger charge is -2.25. The van der Waals surface area contributed by atoms with Crippen LogP contribution < -0.4 is 10.6 Å². The minimum absolute atomic E-state index is 0.0512. The van der Waals surface area contributed by atoms with Gasteiger partial charge in [0.2, 0.25) is 5.91 Å². The van der Waals surface area contributed by atoms with E-state index in [2.05, 4.69) is 21.6 Å². The van der Waals surface area contributed by atoms with Crippen molar-refractivity contribution in [3.05, 3.63) is 22.4 Å². The second kappa shape index (κ2) is 8.75. The zero-order valence-electron chi connectivity index (χ0n) is 13.9. The monoisotopic (exact) mass is 326 g/mol. The van der Waals surface area contributed by atoms with E-state index in [0.29, 0.717) is 6.54 Å². The van der Waals surface area contributed by atoms with Crippen LogP contribution in [0.15, 0.2) is 17.5 Å². The Labute approximate surface area is 136 Å². The number of hydrogen-bond donors (Lipinski definition) is 2. The second-order valence-corrected chi connectivity index (χ2v) is 6.74. The summed E-state index contributed by atoms with van der Waals surface area (Å²) in [6.07, 6.45) is 0. The summed E-state index contributed by atoms with van der Waals surface area (Å²) < 4.78 is 0. The van der Waals surface area contributed by atoms with E-state index in [1.807, 2.05) is 39.4 Å². The lowest BCUT2D eigenvalue weighted by molar-refractivity contribution is -0.121. The maximum Gasteiger partial charge on any atom is 0.317 e. The van der Waals surface area contributed by atoms with Crippen molar-refractivity contribution in [1.82, 2.24) is 20.4 Å². The zero-order valence-corrected chi connectivity index (χ0v) is 14.7. The van der Waals surface area contributed by atoms with Gasteiger partial charge in [-0.1, -0.05) is 6.07 Å². The van der Waals surface area contributed by atoms with Crippen molar-refractivity contribution in [2.45, 2.75) is 25.9 Å². The van der Waals surface area contributed by atoms with Crippen molar-refractivity contribution in [2.75, 3.05) is 34.2 Å². The highest BCUT2D eigenvalue weighted by Gasteiger charge is 2.18. The van der Waals surface area contributed by atoms with Gasteiger partial charge in [0.1, 0.15) is 6.54 Å². The molecule has 3 amide bonds. The lowest BCUT2D eigenvalue weighted by atomic mass is 10.2. The number of carbonyl (C=O) groups excluding carboxylic acids is 2. The average molecular weight is 326 g/mol. The fourth-order valence-electron chi connectivity index (χ4n) is 1.99. The first-order valence-corrected chi connectivity index (χ1v) is 8.17. The van der Waals surface area contributed by atoms with Crippen molar-refractivity contribution in [2.24, 2.45) is 0 Å². The van der Waals surface area contributed by atoms with Crippen LogP contribution in [0.5, 0.6) is 0 Å². The number of nitrogens with one attached hydrogen (secondary N) is 2. The van der Waals surface area contributed by atoms with Crippen LogP contribution in [0, 0.1) is 0 Å². The van der Waals surface area contributed by atoms with E-state index >= 15 is 0 Å². The summed E-state index contributed by atoms with van der Waals surface area (Å²) in [7, 11) is 5.58. The number of urea groups is 1. The molecule has 6 nitrogen and oxygen atoms in total. The highest BCUT2D eigenvalue weighted by atomic mass is 32.1. The van der Waals surface area contributed by atoms with E-state index in [1.165, 1.54) is 9.78 Å². The number of thiophene rings is 1. The molecule has 7 heteroatoms. The summed E-state index contributed by atoms with van der Waals surface area (Å²) in [6, 6.07) is 4.01. The van der Waals surface area contributed by atoms with Gasteiger partial charge in [-0.15, -0.1) is 11.3 Å². The second-order valence-electron chi connectivity index (χ2n) is 5.76. The van der Waals surface area contributed by atoms with Crippen molar-refractivity contribution in [3.8, 4) is 0 Å². The normalized spacial score (nSPS) is 12.3. The standard InChI is InChI=1S/C15H26N4O2S/c1-11(2)17-14(20)10-19(5)15(21)16-9-12(18(3)4)13-7-6-8-22-13/h6-8,11-12H,9-10H2,1-5H3,(H,16,21)(H,17,20)/t12-/m1/s1. The Morgan fingerprint density at radius 1 is 1.27 bits per heavy atom. The first-order chi connectivity index (χ1) is 10.3. The Bertz CT molecular complexity index is 474. The van der Waals surface area contributed by atoms with Gasteiger partial charge in [-0.2, -0.15) is 0 Å². The summed E-state index contributed by atoms with van der Waals surface area (Å²) in [5, 5.41) is 7.67. The van der Waals surface area contributed by atoms with Crippen molar-refractivity contribution < 1.29 is 9.59 Å². The molecule has 1 atom stereocenters. The Morgan fingerprint density at radius 3 is 2.45 bits per heavy atom. The quantitative estimate of drug-likeness (QED) is 0.798. The molecule has 0 radical (unpaired) electrons. The number of nitrogens with zero attached hydrogens (tertiary/aromatic N) is 2. The Morgan fingerprint density at radius 2 is 1.95 bits per heavy atom. The SMILES string of the molecule is CC(C)NC(=O)CN(C)C(=O)NC[C@H](c1cccs1)N(C)C. The van der Waals surface area contributed by atoms with Crippen molar-refractivity contribution >= 4 is 23.3 Å². The molecule has 0 fully saturated rings. The first-order valence-electron chi connectivity index (χ1n) is 7.29. The summed E-state index contributed by atoms with van der Waals surface area (Å²) in [4.78, 5) is 28.4. The molecule has 1 heterocycles. The molecule has 1 aromatic heterocycles. The van der Waals surface area contributed by atoms with Gasteiger partial charge in [-0.25, -0.2) is 4.79 Å². The number of hydrogen-bond acceptors (Lipinski definition) is 4.